The molecular formula is C16H23NO4. The van der Waals surface area contributed by atoms with E-state index in [0.717, 1.165) is 5.56 Å². The van der Waals surface area contributed by atoms with Crippen LogP contribution in [0.25, 0.3) is 0 Å². The zero-order chi connectivity index (χ0) is 15.7. The van der Waals surface area contributed by atoms with Crippen molar-refractivity contribution in [3.05, 3.63) is 35.9 Å². The van der Waals surface area contributed by atoms with Gasteiger partial charge in [-0.05, 0) is 18.4 Å². The number of esters is 1. The van der Waals surface area contributed by atoms with Gasteiger partial charge >= 0.3 is 5.97 Å². The van der Waals surface area contributed by atoms with Crippen molar-refractivity contribution in [2.45, 2.75) is 33.5 Å². The van der Waals surface area contributed by atoms with Gasteiger partial charge in [0.05, 0.1) is 18.7 Å². The number of carbonyl (C=O) groups excluding carboxylic acids is 1. The maximum absolute atomic E-state index is 11.8. The molecule has 0 aliphatic heterocycles. The molecule has 0 heterocycles. The van der Waals surface area contributed by atoms with E-state index in [4.69, 9.17) is 9.57 Å². The van der Waals surface area contributed by atoms with E-state index in [1.807, 2.05) is 44.2 Å². The molecule has 0 aliphatic carbocycles. The van der Waals surface area contributed by atoms with Crippen molar-refractivity contribution in [1.82, 2.24) is 0 Å². The van der Waals surface area contributed by atoms with Gasteiger partial charge in [-0.1, -0.05) is 49.3 Å². The minimum absolute atomic E-state index is 0.0559. The summed E-state index contributed by atoms with van der Waals surface area (Å²) in [7, 11) is 0. The Balaban J connectivity index is 2.50. The fraction of sp³-hybridized carbons (Fsp3) is 0.500. The van der Waals surface area contributed by atoms with Crippen LogP contribution in [0.3, 0.4) is 0 Å². The first kappa shape index (κ1) is 17.2. The molecule has 21 heavy (non-hydrogen) atoms. The zero-order valence-electron chi connectivity index (χ0n) is 12.7. The summed E-state index contributed by atoms with van der Waals surface area (Å²) in [4.78, 5) is 16.9. The number of aliphatic hydroxyl groups is 1. The average molecular weight is 293 g/mol. The Morgan fingerprint density at radius 2 is 2.00 bits per heavy atom. The van der Waals surface area contributed by atoms with Gasteiger partial charge in [-0.25, -0.2) is 0 Å². The number of hydrogen-bond acceptors (Lipinski definition) is 5. The molecule has 1 rings (SSSR count). The monoisotopic (exact) mass is 293 g/mol. The molecule has 0 radical (unpaired) electrons. The number of nitrogens with zero attached hydrogens (tertiary/aromatic N) is 1. The van der Waals surface area contributed by atoms with Crippen LogP contribution in [0.1, 0.15) is 26.3 Å². The van der Waals surface area contributed by atoms with E-state index < -0.39 is 18.0 Å². The lowest BCUT2D eigenvalue weighted by atomic mass is 9.91. The van der Waals surface area contributed by atoms with E-state index in [-0.39, 0.29) is 12.5 Å². The molecule has 0 spiro atoms. The van der Waals surface area contributed by atoms with Crippen LogP contribution < -0.4 is 0 Å². The second-order valence-electron chi connectivity index (χ2n) is 5.03. The van der Waals surface area contributed by atoms with Crippen LogP contribution in [0.5, 0.6) is 0 Å². The fourth-order valence-corrected chi connectivity index (χ4v) is 1.93. The van der Waals surface area contributed by atoms with Gasteiger partial charge in [-0.2, -0.15) is 0 Å². The summed E-state index contributed by atoms with van der Waals surface area (Å²) in [6.07, 6.45) is 0.213. The molecule has 0 bridgehead atoms. The number of oxime groups is 1. The van der Waals surface area contributed by atoms with E-state index in [9.17, 15) is 9.90 Å². The quantitative estimate of drug-likeness (QED) is 0.454. The summed E-state index contributed by atoms with van der Waals surface area (Å²) >= 11 is 0. The Labute approximate surface area is 125 Å². The van der Waals surface area contributed by atoms with Crippen molar-refractivity contribution in [3.8, 4) is 0 Å². The van der Waals surface area contributed by atoms with Gasteiger partial charge in [0.25, 0.3) is 0 Å². The number of carbonyl (C=O) groups is 1. The summed E-state index contributed by atoms with van der Waals surface area (Å²) in [5, 5.41) is 13.8. The number of hydrogen-bond donors (Lipinski definition) is 1. The van der Waals surface area contributed by atoms with Crippen LogP contribution in [0.4, 0.5) is 0 Å². The molecule has 1 N–H and O–H groups in total. The van der Waals surface area contributed by atoms with Gasteiger partial charge in [0.15, 0.2) is 0 Å². The molecule has 116 valence electrons. The third kappa shape index (κ3) is 5.95. The maximum atomic E-state index is 11.8. The third-order valence-corrected chi connectivity index (χ3v) is 3.01. The van der Waals surface area contributed by atoms with Gasteiger partial charge in [0, 0.05) is 0 Å². The van der Waals surface area contributed by atoms with E-state index in [1.54, 1.807) is 6.92 Å². The van der Waals surface area contributed by atoms with Gasteiger partial charge in [-0.15, -0.1) is 0 Å². The Morgan fingerprint density at radius 1 is 1.33 bits per heavy atom. The standard InChI is InChI=1S/C16H23NO4/c1-4-20-16(19)15(12(2)3)14(18)10-17-21-11-13-8-6-5-7-9-13/h5-10,12,14-15,18H,4,11H2,1-3H3/b17-10+. The predicted octanol–water partition coefficient (Wildman–Crippen LogP) is 2.39. The summed E-state index contributed by atoms with van der Waals surface area (Å²) in [5.74, 6) is -1.12. The highest BCUT2D eigenvalue weighted by atomic mass is 16.6. The van der Waals surface area contributed by atoms with E-state index in [0.29, 0.717) is 6.61 Å². The molecule has 2 unspecified atom stereocenters. The van der Waals surface area contributed by atoms with E-state index in [1.165, 1.54) is 6.21 Å². The molecule has 0 saturated carbocycles. The molecule has 1 aromatic rings. The number of aliphatic hydroxyl groups excluding tert-OH is 1. The van der Waals surface area contributed by atoms with Crippen LogP contribution in [0, 0.1) is 11.8 Å². The van der Waals surface area contributed by atoms with Gasteiger partial charge in [0.2, 0.25) is 0 Å². The fourth-order valence-electron chi connectivity index (χ4n) is 1.93. The third-order valence-electron chi connectivity index (χ3n) is 3.01. The second kappa shape index (κ2) is 9.13. The first-order valence-electron chi connectivity index (χ1n) is 7.10. The minimum Gasteiger partial charge on any atom is -0.466 e. The first-order chi connectivity index (χ1) is 10.1. The lowest BCUT2D eigenvalue weighted by Crippen LogP contribution is -2.35. The first-order valence-corrected chi connectivity index (χ1v) is 7.10. The molecule has 0 aromatic heterocycles. The lowest BCUT2D eigenvalue weighted by Gasteiger charge is -2.21. The summed E-state index contributed by atoms with van der Waals surface area (Å²) in [6, 6.07) is 9.58. The average Bonchev–Trinajstić information content (AvgIpc) is 2.45. The highest BCUT2D eigenvalue weighted by Crippen LogP contribution is 2.17. The van der Waals surface area contributed by atoms with Crippen LogP contribution in [0.2, 0.25) is 0 Å². The molecule has 0 fully saturated rings. The SMILES string of the molecule is CCOC(=O)C(C(C)C)C(O)/C=N/OCc1ccccc1. The highest BCUT2D eigenvalue weighted by molar-refractivity contribution is 5.79. The van der Waals surface area contributed by atoms with Crippen molar-refractivity contribution in [2.24, 2.45) is 17.0 Å². The topological polar surface area (TPSA) is 68.1 Å². The number of ether oxygens (including phenoxy) is 1. The van der Waals surface area contributed by atoms with Crippen molar-refractivity contribution < 1.29 is 19.5 Å². The summed E-state index contributed by atoms with van der Waals surface area (Å²) in [6.45, 7) is 6.04. The van der Waals surface area contributed by atoms with E-state index >= 15 is 0 Å². The molecule has 0 aliphatic rings. The van der Waals surface area contributed by atoms with Crippen molar-refractivity contribution >= 4 is 12.2 Å². The Kier molecular flexibility index (Phi) is 7.46. The number of rotatable bonds is 8. The van der Waals surface area contributed by atoms with Crippen LogP contribution >= 0.6 is 0 Å². The van der Waals surface area contributed by atoms with Gasteiger partial charge in [-0.3, -0.25) is 4.79 Å². The van der Waals surface area contributed by atoms with Gasteiger partial charge < -0.3 is 14.7 Å². The molecule has 1 aromatic carbocycles. The van der Waals surface area contributed by atoms with E-state index in [2.05, 4.69) is 5.16 Å². The zero-order valence-corrected chi connectivity index (χ0v) is 12.7. The Bertz CT molecular complexity index is 445. The van der Waals surface area contributed by atoms with Crippen LogP contribution in [0.15, 0.2) is 35.5 Å². The lowest BCUT2D eigenvalue weighted by molar-refractivity contribution is -0.152. The number of benzene rings is 1. The highest BCUT2D eigenvalue weighted by Gasteiger charge is 2.30. The maximum Gasteiger partial charge on any atom is 0.312 e. The largest absolute Gasteiger partial charge is 0.466 e. The molecule has 5 nitrogen and oxygen atoms in total. The molecule has 2 atom stereocenters. The molecular weight excluding hydrogens is 270 g/mol. The van der Waals surface area contributed by atoms with Crippen LogP contribution in [-0.4, -0.2) is 30.0 Å². The summed E-state index contributed by atoms with van der Waals surface area (Å²) in [5.41, 5.74) is 0.981. The van der Waals surface area contributed by atoms with Crippen LogP contribution in [-0.2, 0) is 21.0 Å². The predicted molar refractivity (Wildman–Crippen MR) is 80.7 cm³/mol. The molecule has 5 heteroatoms. The normalized spacial score (nSPS) is 14.1. The Hall–Kier alpha value is -1.88. The van der Waals surface area contributed by atoms with Crippen molar-refractivity contribution in [3.63, 3.8) is 0 Å². The van der Waals surface area contributed by atoms with Gasteiger partial charge in [0.1, 0.15) is 12.7 Å². The smallest absolute Gasteiger partial charge is 0.312 e. The van der Waals surface area contributed by atoms with Crippen molar-refractivity contribution in [2.75, 3.05) is 6.61 Å². The molecule has 0 amide bonds. The summed E-state index contributed by atoms with van der Waals surface area (Å²) < 4.78 is 4.96. The Morgan fingerprint density at radius 3 is 2.57 bits per heavy atom. The van der Waals surface area contributed by atoms with Crippen molar-refractivity contribution in [1.29, 1.82) is 0 Å². The minimum atomic E-state index is -1.03. The second-order valence-corrected chi connectivity index (χ2v) is 5.03. The molecule has 0 saturated heterocycles.